The van der Waals surface area contributed by atoms with E-state index in [4.69, 9.17) is 0 Å². The van der Waals surface area contributed by atoms with Crippen LogP contribution in [0, 0.1) is 12.8 Å². The third kappa shape index (κ3) is 4.60. The zero-order valence-electron chi connectivity index (χ0n) is 17.2. The van der Waals surface area contributed by atoms with Gasteiger partial charge in [-0.25, -0.2) is 13.4 Å². The van der Waals surface area contributed by atoms with Gasteiger partial charge in [0.25, 0.3) is 0 Å². The van der Waals surface area contributed by atoms with Crippen LogP contribution in [-0.2, 0) is 9.84 Å². The normalized spacial score (nSPS) is 22.2. The fraction of sp³-hybridized carbons (Fsp3) is 0.409. The molecule has 1 saturated carbocycles. The Hall–Kier alpha value is -2.58. The van der Waals surface area contributed by atoms with Crippen LogP contribution in [0.1, 0.15) is 38.3 Å². The molecule has 0 aromatic carbocycles. The van der Waals surface area contributed by atoms with Crippen LogP contribution in [0.3, 0.4) is 0 Å². The maximum Gasteiger partial charge on any atom is 0.180 e. The topological polar surface area (TPSA) is 109 Å². The van der Waals surface area contributed by atoms with Gasteiger partial charge in [-0.15, -0.1) is 0 Å². The fourth-order valence-corrected chi connectivity index (χ4v) is 5.58. The maximum absolute atomic E-state index is 13.0. The second-order valence-electron chi connectivity index (χ2n) is 8.48. The van der Waals surface area contributed by atoms with Crippen molar-refractivity contribution in [1.29, 1.82) is 0 Å². The van der Waals surface area contributed by atoms with Crippen LogP contribution in [0.15, 0.2) is 47.9 Å². The van der Waals surface area contributed by atoms with E-state index in [0.29, 0.717) is 24.4 Å². The number of aromatic amines is 1. The summed E-state index contributed by atoms with van der Waals surface area (Å²) in [5.41, 5.74) is 2.49. The quantitative estimate of drug-likeness (QED) is 0.646. The van der Waals surface area contributed by atoms with Crippen molar-refractivity contribution in [2.75, 3.05) is 5.75 Å². The van der Waals surface area contributed by atoms with Crippen LogP contribution < -0.4 is 0 Å². The molecular formula is C22H26N4O3S. The van der Waals surface area contributed by atoms with Gasteiger partial charge in [-0.1, -0.05) is 0 Å². The number of aryl methyl sites for hydroxylation is 1. The van der Waals surface area contributed by atoms with Crippen LogP contribution in [0.2, 0.25) is 0 Å². The van der Waals surface area contributed by atoms with E-state index in [0.717, 1.165) is 29.7 Å². The van der Waals surface area contributed by atoms with E-state index in [9.17, 15) is 13.5 Å². The molecule has 0 bridgehead atoms. The van der Waals surface area contributed by atoms with Crippen LogP contribution in [0.5, 0.6) is 0 Å². The summed E-state index contributed by atoms with van der Waals surface area (Å²) in [6.07, 6.45) is 9.19. The molecule has 0 amide bonds. The molecule has 158 valence electrons. The predicted octanol–water partition coefficient (Wildman–Crippen LogP) is 3.56. The Morgan fingerprint density at radius 3 is 2.60 bits per heavy atom. The first kappa shape index (κ1) is 20.7. The second kappa shape index (κ2) is 7.92. The average molecular weight is 427 g/mol. The highest BCUT2D eigenvalue weighted by molar-refractivity contribution is 7.91. The lowest BCUT2D eigenvalue weighted by molar-refractivity contribution is 0.0108. The Balaban J connectivity index is 1.57. The number of H-pyrrole nitrogens is 1. The van der Waals surface area contributed by atoms with Gasteiger partial charge >= 0.3 is 0 Å². The highest BCUT2D eigenvalue weighted by atomic mass is 32.2. The SMILES string of the molecule is Cc1cnc(-c2cc(-c3cncc(S(=O)(=O)CC4CCC(C)(O)CC4)c3)ccn2)[nH]1. The Labute approximate surface area is 176 Å². The summed E-state index contributed by atoms with van der Waals surface area (Å²) in [7, 11) is -3.46. The molecule has 0 atom stereocenters. The summed E-state index contributed by atoms with van der Waals surface area (Å²) < 4.78 is 26.0. The molecule has 0 saturated heterocycles. The Morgan fingerprint density at radius 2 is 1.90 bits per heavy atom. The Bertz CT molecular complexity index is 1140. The van der Waals surface area contributed by atoms with Gasteiger partial charge in [0.2, 0.25) is 0 Å². The Morgan fingerprint density at radius 1 is 1.13 bits per heavy atom. The molecule has 7 nitrogen and oxygen atoms in total. The zero-order valence-corrected chi connectivity index (χ0v) is 18.0. The van der Waals surface area contributed by atoms with Gasteiger partial charge < -0.3 is 10.1 Å². The summed E-state index contributed by atoms with van der Waals surface area (Å²) in [4.78, 5) is 16.2. The fourth-order valence-electron chi connectivity index (χ4n) is 3.90. The van der Waals surface area contributed by atoms with E-state index >= 15 is 0 Å². The monoisotopic (exact) mass is 426 g/mol. The van der Waals surface area contributed by atoms with Crippen molar-refractivity contribution >= 4 is 9.84 Å². The van der Waals surface area contributed by atoms with Gasteiger partial charge in [0.15, 0.2) is 15.7 Å². The number of rotatable bonds is 5. The lowest BCUT2D eigenvalue weighted by atomic mass is 9.81. The molecule has 4 rings (SSSR count). The summed E-state index contributed by atoms with van der Waals surface area (Å²) in [5.74, 6) is 0.814. The number of imidazole rings is 1. The first-order valence-corrected chi connectivity index (χ1v) is 11.8. The van der Waals surface area contributed by atoms with Crippen molar-refractivity contribution < 1.29 is 13.5 Å². The molecule has 1 aliphatic rings. The molecule has 3 aromatic heterocycles. The molecule has 0 spiro atoms. The minimum atomic E-state index is -3.46. The minimum absolute atomic E-state index is 0.0635. The first-order valence-electron chi connectivity index (χ1n) is 10.1. The van der Waals surface area contributed by atoms with E-state index < -0.39 is 15.4 Å². The minimum Gasteiger partial charge on any atom is -0.390 e. The highest BCUT2D eigenvalue weighted by Crippen LogP contribution is 2.33. The first-order chi connectivity index (χ1) is 14.2. The van der Waals surface area contributed by atoms with Gasteiger partial charge in [-0.05, 0) is 69.2 Å². The molecule has 3 heterocycles. The van der Waals surface area contributed by atoms with E-state index in [1.807, 2.05) is 26.0 Å². The lowest BCUT2D eigenvalue weighted by Gasteiger charge is -2.32. The van der Waals surface area contributed by atoms with E-state index in [-0.39, 0.29) is 16.6 Å². The molecule has 0 radical (unpaired) electrons. The van der Waals surface area contributed by atoms with Gasteiger partial charge in [-0.2, -0.15) is 0 Å². The molecule has 1 aliphatic carbocycles. The summed E-state index contributed by atoms with van der Waals surface area (Å²) in [5, 5.41) is 10.1. The smallest absolute Gasteiger partial charge is 0.180 e. The molecule has 2 N–H and O–H groups in total. The number of pyridine rings is 2. The van der Waals surface area contributed by atoms with Crippen molar-refractivity contribution in [3.8, 4) is 22.6 Å². The Kier molecular flexibility index (Phi) is 5.46. The van der Waals surface area contributed by atoms with Crippen LogP contribution in [-0.4, -0.2) is 44.8 Å². The molecule has 30 heavy (non-hydrogen) atoms. The number of nitrogens with one attached hydrogen (secondary N) is 1. The van der Waals surface area contributed by atoms with Gasteiger partial charge in [0, 0.05) is 36.0 Å². The number of hydrogen-bond acceptors (Lipinski definition) is 6. The second-order valence-corrected chi connectivity index (χ2v) is 10.5. The van der Waals surface area contributed by atoms with Crippen LogP contribution in [0.25, 0.3) is 22.6 Å². The number of sulfone groups is 1. The van der Waals surface area contributed by atoms with Crippen molar-refractivity contribution in [2.45, 2.75) is 50.0 Å². The van der Waals surface area contributed by atoms with Crippen LogP contribution >= 0.6 is 0 Å². The molecule has 8 heteroatoms. The summed E-state index contributed by atoms with van der Waals surface area (Å²) in [6, 6.07) is 5.37. The van der Waals surface area contributed by atoms with Gasteiger partial charge in [0.1, 0.15) is 5.69 Å². The number of hydrogen-bond donors (Lipinski definition) is 2. The van der Waals surface area contributed by atoms with E-state index in [1.54, 1.807) is 24.7 Å². The number of nitrogens with zero attached hydrogens (tertiary/aromatic N) is 3. The third-order valence-electron chi connectivity index (χ3n) is 5.75. The van der Waals surface area contributed by atoms with Crippen molar-refractivity contribution in [1.82, 2.24) is 19.9 Å². The molecular weight excluding hydrogens is 400 g/mol. The summed E-state index contributed by atoms with van der Waals surface area (Å²) >= 11 is 0. The summed E-state index contributed by atoms with van der Waals surface area (Å²) in [6.45, 7) is 3.74. The predicted molar refractivity (Wildman–Crippen MR) is 114 cm³/mol. The van der Waals surface area contributed by atoms with E-state index in [2.05, 4.69) is 19.9 Å². The maximum atomic E-state index is 13.0. The van der Waals surface area contributed by atoms with Crippen molar-refractivity contribution in [3.05, 3.63) is 48.7 Å². The van der Waals surface area contributed by atoms with Crippen LogP contribution in [0.4, 0.5) is 0 Å². The standard InChI is InChI=1S/C22H26N4O3S/c1-15-11-25-21(26-15)20-10-17(5-8-24-20)18-9-19(13-23-12-18)30(28,29)14-16-3-6-22(2,27)7-4-16/h5,8-13,16,27H,3-4,6-7,14H2,1-2H3,(H,25,26). The molecule has 0 unspecified atom stereocenters. The third-order valence-corrected chi connectivity index (χ3v) is 7.60. The van der Waals surface area contributed by atoms with Gasteiger partial charge in [-0.3, -0.25) is 9.97 Å². The largest absolute Gasteiger partial charge is 0.390 e. The van der Waals surface area contributed by atoms with Gasteiger partial charge in [0.05, 0.1) is 16.2 Å². The average Bonchev–Trinajstić information content (AvgIpc) is 3.16. The zero-order chi connectivity index (χ0) is 21.4. The molecule has 1 fully saturated rings. The molecule has 3 aromatic rings. The van der Waals surface area contributed by atoms with E-state index in [1.165, 1.54) is 6.20 Å². The molecule has 0 aliphatic heterocycles. The van der Waals surface area contributed by atoms with Crippen molar-refractivity contribution in [3.63, 3.8) is 0 Å². The number of aliphatic hydroxyl groups is 1. The lowest BCUT2D eigenvalue weighted by Crippen LogP contribution is -2.32. The number of aromatic nitrogens is 4. The van der Waals surface area contributed by atoms with Crippen molar-refractivity contribution in [2.24, 2.45) is 5.92 Å². The highest BCUT2D eigenvalue weighted by Gasteiger charge is 2.31.